The molecular weight excluding hydrogens is 310 g/mol. The fourth-order valence-electron chi connectivity index (χ4n) is 1.80. The lowest BCUT2D eigenvalue weighted by Gasteiger charge is -2.03. The normalized spacial score (nSPS) is 10.3. The Bertz CT molecular complexity index is 770. The summed E-state index contributed by atoms with van der Waals surface area (Å²) >= 11 is 0. The standard InChI is InChI=1S/C17H15N3O4/c1-2-10-24-16-5-3-4-13(11-16)12-18-19-17(21)14-6-8-15(9-7-14)20(22)23/h2-9,11-12H,1,10H2,(H,19,21)/b18-12-. The number of ether oxygens (including phenoxy) is 1. The first kappa shape index (κ1) is 16.9. The molecule has 7 heteroatoms. The van der Waals surface area contributed by atoms with Crippen molar-refractivity contribution < 1.29 is 14.5 Å². The zero-order valence-electron chi connectivity index (χ0n) is 12.7. The van der Waals surface area contributed by atoms with Crippen LogP contribution in [0.5, 0.6) is 5.75 Å². The van der Waals surface area contributed by atoms with Gasteiger partial charge in [-0.3, -0.25) is 14.9 Å². The van der Waals surface area contributed by atoms with Crippen LogP contribution in [0.3, 0.4) is 0 Å². The summed E-state index contributed by atoms with van der Waals surface area (Å²) in [6.07, 6.45) is 3.12. The van der Waals surface area contributed by atoms with Crippen molar-refractivity contribution in [2.24, 2.45) is 5.10 Å². The summed E-state index contributed by atoms with van der Waals surface area (Å²) in [5, 5.41) is 14.4. The molecule has 1 amide bonds. The van der Waals surface area contributed by atoms with Gasteiger partial charge in [-0.2, -0.15) is 5.10 Å². The predicted molar refractivity (Wildman–Crippen MR) is 90.3 cm³/mol. The van der Waals surface area contributed by atoms with E-state index in [4.69, 9.17) is 4.74 Å². The maximum absolute atomic E-state index is 11.9. The molecule has 2 aromatic rings. The highest BCUT2D eigenvalue weighted by Gasteiger charge is 2.08. The van der Waals surface area contributed by atoms with E-state index < -0.39 is 10.8 Å². The van der Waals surface area contributed by atoms with Crippen LogP contribution in [0.4, 0.5) is 5.69 Å². The van der Waals surface area contributed by atoms with Crippen molar-refractivity contribution in [2.45, 2.75) is 0 Å². The van der Waals surface area contributed by atoms with E-state index in [-0.39, 0.29) is 11.3 Å². The summed E-state index contributed by atoms with van der Waals surface area (Å²) < 4.78 is 5.40. The molecule has 0 aromatic heterocycles. The highest BCUT2D eigenvalue weighted by Crippen LogP contribution is 2.13. The van der Waals surface area contributed by atoms with Crippen LogP contribution in [0.1, 0.15) is 15.9 Å². The molecule has 0 heterocycles. The number of hydrogen-bond donors (Lipinski definition) is 1. The minimum absolute atomic E-state index is 0.0774. The van der Waals surface area contributed by atoms with Gasteiger partial charge in [0.05, 0.1) is 11.1 Å². The quantitative estimate of drug-likeness (QED) is 0.366. The van der Waals surface area contributed by atoms with Crippen LogP contribution in [-0.4, -0.2) is 23.7 Å². The molecule has 0 fully saturated rings. The minimum atomic E-state index is -0.527. The number of nitrogens with one attached hydrogen (secondary N) is 1. The lowest BCUT2D eigenvalue weighted by Crippen LogP contribution is -2.17. The van der Waals surface area contributed by atoms with Gasteiger partial charge in [-0.15, -0.1) is 0 Å². The van der Waals surface area contributed by atoms with Crippen molar-refractivity contribution in [3.8, 4) is 5.75 Å². The third-order valence-electron chi connectivity index (χ3n) is 2.95. The van der Waals surface area contributed by atoms with Crippen LogP contribution in [0.25, 0.3) is 0 Å². The number of carbonyl (C=O) groups is 1. The average molecular weight is 325 g/mol. The molecule has 0 atom stereocenters. The summed E-state index contributed by atoms with van der Waals surface area (Å²) in [6.45, 7) is 3.98. The molecule has 0 aliphatic heterocycles. The monoisotopic (exact) mass is 325 g/mol. The molecule has 0 saturated carbocycles. The van der Waals surface area contributed by atoms with E-state index in [2.05, 4.69) is 17.1 Å². The van der Waals surface area contributed by atoms with Crippen molar-refractivity contribution in [2.75, 3.05) is 6.61 Å². The Morgan fingerprint density at radius 1 is 1.29 bits per heavy atom. The van der Waals surface area contributed by atoms with Gasteiger partial charge in [0.2, 0.25) is 0 Å². The Morgan fingerprint density at radius 2 is 2.04 bits per heavy atom. The van der Waals surface area contributed by atoms with Gasteiger partial charge in [-0.1, -0.05) is 24.8 Å². The lowest BCUT2D eigenvalue weighted by molar-refractivity contribution is -0.384. The van der Waals surface area contributed by atoms with Gasteiger partial charge in [0.25, 0.3) is 11.6 Å². The largest absolute Gasteiger partial charge is 0.490 e. The minimum Gasteiger partial charge on any atom is -0.490 e. The van der Waals surface area contributed by atoms with Gasteiger partial charge in [0, 0.05) is 17.7 Å². The maximum Gasteiger partial charge on any atom is 0.271 e. The van der Waals surface area contributed by atoms with Crippen LogP contribution in [0, 0.1) is 10.1 Å². The van der Waals surface area contributed by atoms with Gasteiger partial charge in [0.1, 0.15) is 12.4 Å². The van der Waals surface area contributed by atoms with Crippen LogP contribution in [-0.2, 0) is 0 Å². The zero-order valence-corrected chi connectivity index (χ0v) is 12.7. The summed E-state index contributed by atoms with van der Waals surface area (Å²) in [5.41, 5.74) is 3.31. The molecular formula is C17H15N3O4. The molecule has 122 valence electrons. The van der Waals surface area contributed by atoms with E-state index in [1.807, 2.05) is 6.07 Å². The number of nitro groups is 1. The molecule has 0 spiro atoms. The van der Waals surface area contributed by atoms with E-state index in [9.17, 15) is 14.9 Å². The second-order valence-corrected chi connectivity index (χ2v) is 4.68. The van der Waals surface area contributed by atoms with E-state index in [1.54, 1.807) is 24.3 Å². The predicted octanol–water partition coefficient (Wildman–Crippen LogP) is 2.92. The number of hydrazone groups is 1. The molecule has 0 radical (unpaired) electrons. The SMILES string of the molecule is C=CCOc1cccc(/C=N\NC(=O)c2ccc([N+](=O)[O-])cc2)c1. The number of rotatable bonds is 7. The number of amides is 1. The Hall–Kier alpha value is -3.48. The first-order chi connectivity index (χ1) is 11.6. The molecule has 1 N–H and O–H groups in total. The van der Waals surface area contributed by atoms with E-state index in [1.165, 1.54) is 30.5 Å². The summed E-state index contributed by atoms with van der Waals surface area (Å²) in [4.78, 5) is 21.9. The molecule has 24 heavy (non-hydrogen) atoms. The first-order valence-corrected chi connectivity index (χ1v) is 7.02. The fraction of sp³-hybridized carbons (Fsp3) is 0.0588. The fourth-order valence-corrected chi connectivity index (χ4v) is 1.80. The Balaban J connectivity index is 1.96. The number of nitro benzene ring substituents is 1. The molecule has 0 bridgehead atoms. The van der Waals surface area contributed by atoms with Crippen molar-refractivity contribution in [3.63, 3.8) is 0 Å². The highest BCUT2D eigenvalue weighted by molar-refractivity contribution is 5.95. The van der Waals surface area contributed by atoms with Crippen LogP contribution in [0.2, 0.25) is 0 Å². The van der Waals surface area contributed by atoms with Gasteiger partial charge in [0.15, 0.2) is 0 Å². The molecule has 0 unspecified atom stereocenters. The smallest absolute Gasteiger partial charge is 0.271 e. The van der Waals surface area contributed by atoms with Gasteiger partial charge >= 0.3 is 0 Å². The Morgan fingerprint density at radius 3 is 2.71 bits per heavy atom. The van der Waals surface area contributed by atoms with E-state index >= 15 is 0 Å². The molecule has 0 saturated heterocycles. The third kappa shape index (κ3) is 4.77. The van der Waals surface area contributed by atoms with Crippen LogP contribution in [0.15, 0.2) is 66.3 Å². The number of hydrogen-bond acceptors (Lipinski definition) is 5. The van der Waals surface area contributed by atoms with Gasteiger partial charge in [-0.05, 0) is 29.8 Å². The van der Waals surface area contributed by atoms with Crippen LogP contribution >= 0.6 is 0 Å². The Labute approximate surface area is 138 Å². The van der Waals surface area contributed by atoms with E-state index in [0.29, 0.717) is 12.4 Å². The van der Waals surface area contributed by atoms with Gasteiger partial charge < -0.3 is 4.74 Å². The molecule has 2 rings (SSSR count). The second kappa shape index (κ2) is 8.23. The first-order valence-electron chi connectivity index (χ1n) is 7.02. The van der Waals surface area contributed by atoms with Crippen molar-refractivity contribution >= 4 is 17.8 Å². The summed E-state index contributed by atoms with van der Waals surface area (Å²) in [7, 11) is 0. The topological polar surface area (TPSA) is 93.8 Å². The van der Waals surface area contributed by atoms with Crippen LogP contribution < -0.4 is 10.2 Å². The number of benzene rings is 2. The second-order valence-electron chi connectivity index (χ2n) is 4.68. The Kier molecular flexibility index (Phi) is 5.79. The van der Waals surface area contributed by atoms with Crippen molar-refractivity contribution in [3.05, 3.63) is 82.4 Å². The van der Waals surface area contributed by atoms with Gasteiger partial charge in [-0.25, -0.2) is 5.43 Å². The summed E-state index contributed by atoms with van der Waals surface area (Å²) in [6, 6.07) is 12.4. The van der Waals surface area contributed by atoms with E-state index in [0.717, 1.165) is 5.56 Å². The number of non-ortho nitro benzene ring substituents is 1. The average Bonchev–Trinajstić information content (AvgIpc) is 2.60. The lowest BCUT2D eigenvalue weighted by atomic mass is 10.2. The summed E-state index contributed by atoms with van der Waals surface area (Å²) in [5.74, 6) is 0.209. The number of carbonyl (C=O) groups excluding carboxylic acids is 1. The zero-order chi connectivity index (χ0) is 17.4. The highest BCUT2D eigenvalue weighted by atomic mass is 16.6. The number of nitrogens with zero attached hydrogens (tertiary/aromatic N) is 2. The van der Waals surface area contributed by atoms with Crippen molar-refractivity contribution in [1.29, 1.82) is 0 Å². The molecule has 0 aliphatic carbocycles. The third-order valence-corrected chi connectivity index (χ3v) is 2.95. The molecule has 2 aromatic carbocycles. The van der Waals surface area contributed by atoms with Crippen molar-refractivity contribution in [1.82, 2.24) is 5.43 Å². The maximum atomic E-state index is 11.9. The molecule has 7 nitrogen and oxygen atoms in total. The molecule has 0 aliphatic rings.